The topological polar surface area (TPSA) is 119 Å². The summed E-state index contributed by atoms with van der Waals surface area (Å²) in [6.45, 7) is 4.90. The second kappa shape index (κ2) is 12.3. The van der Waals surface area contributed by atoms with E-state index in [1.807, 2.05) is 6.07 Å². The van der Waals surface area contributed by atoms with Crippen LogP contribution in [0.15, 0.2) is 24.7 Å². The van der Waals surface area contributed by atoms with Crippen LogP contribution in [0.25, 0.3) is 11.3 Å². The number of nitrogens with one attached hydrogen (secondary N) is 3. The van der Waals surface area contributed by atoms with Crippen molar-refractivity contribution in [3.63, 3.8) is 0 Å². The van der Waals surface area contributed by atoms with Crippen molar-refractivity contribution in [2.24, 2.45) is 5.73 Å². The first-order valence-corrected chi connectivity index (χ1v) is 12.9. The largest absolute Gasteiger partial charge is 0.383 e. The Morgan fingerprint density at radius 2 is 1.89 bits per heavy atom. The van der Waals surface area contributed by atoms with Crippen LogP contribution < -0.4 is 21.7 Å². The minimum Gasteiger partial charge on any atom is -0.383 e. The molecule has 2 aromatic rings. The van der Waals surface area contributed by atoms with Crippen molar-refractivity contribution in [2.75, 3.05) is 44.1 Å². The van der Waals surface area contributed by atoms with Gasteiger partial charge in [0, 0.05) is 62.3 Å². The molecule has 0 spiro atoms. The maximum absolute atomic E-state index is 6.51. The van der Waals surface area contributed by atoms with Crippen LogP contribution in [0.1, 0.15) is 45.4 Å². The standard InChI is InChI=1S/C25H38ClN7O2/c1-17(15-34-2)31-18-3-5-19(6-4-18)32-23-11-20(21(26)12-29-23)22-13-28-14-24(33-22)30-16-25(27)7-9-35-10-8-25/h11-14,17-19,31H,3-10,15-16,27H2,1-2H3,(H,29,32)(H,30,33)/t17-,18-,19-/m1/s1. The Hall–Kier alpha value is -2.04. The van der Waals surface area contributed by atoms with Gasteiger partial charge in [-0.2, -0.15) is 0 Å². The lowest BCUT2D eigenvalue weighted by Gasteiger charge is -2.33. The molecular formula is C25H38ClN7O2. The lowest BCUT2D eigenvalue weighted by Crippen LogP contribution is -2.50. The van der Waals surface area contributed by atoms with Gasteiger partial charge in [-0.3, -0.25) is 4.98 Å². The molecule has 1 aliphatic heterocycles. The second-order valence-corrected chi connectivity index (χ2v) is 10.3. The molecular weight excluding hydrogens is 466 g/mol. The summed E-state index contributed by atoms with van der Waals surface area (Å²) < 4.78 is 10.7. The molecule has 1 saturated heterocycles. The minimum atomic E-state index is -0.294. The van der Waals surface area contributed by atoms with E-state index in [1.54, 1.807) is 25.7 Å². The molecule has 0 bridgehead atoms. The van der Waals surface area contributed by atoms with Crippen LogP contribution in [0, 0.1) is 0 Å². The minimum absolute atomic E-state index is 0.294. The number of hydrogen-bond acceptors (Lipinski definition) is 9. The molecule has 5 N–H and O–H groups in total. The summed E-state index contributed by atoms with van der Waals surface area (Å²) in [6.07, 6.45) is 11.2. The fourth-order valence-corrected chi connectivity index (χ4v) is 5.03. The number of rotatable bonds is 10. The van der Waals surface area contributed by atoms with Gasteiger partial charge in [-0.05, 0) is 51.5 Å². The number of nitrogens with zero attached hydrogens (tertiary/aromatic N) is 3. The highest BCUT2D eigenvalue weighted by Gasteiger charge is 2.28. The first-order valence-electron chi connectivity index (χ1n) is 12.5. The molecule has 1 aliphatic carbocycles. The van der Waals surface area contributed by atoms with E-state index in [-0.39, 0.29) is 5.54 Å². The summed E-state index contributed by atoms with van der Waals surface area (Å²) in [5, 5.41) is 11.1. The first kappa shape index (κ1) is 26.0. The van der Waals surface area contributed by atoms with Gasteiger partial charge in [0.2, 0.25) is 0 Å². The van der Waals surface area contributed by atoms with Crippen molar-refractivity contribution in [2.45, 2.75) is 69.1 Å². The molecule has 0 aromatic carbocycles. The first-order chi connectivity index (χ1) is 16.9. The van der Waals surface area contributed by atoms with Gasteiger partial charge in [0.25, 0.3) is 0 Å². The SMILES string of the molecule is COC[C@@H](C)N[C@H]1CC[C@H](Nc2cc(-c3cncc(NCC4(N)CCOCC4)n3)c(Cl)cn2)CC1. The summed E-state index contributed by atoms with van der Waals surface area (Å²) in [7, 11) is 1.74. The van der Waals surface area contributed by atoms with Crippen molar-refractivity contribution in [3.05, 3.63) is 29.7 Å². The number of pyridine rings is 1. The zero-order valence-electron chi connectivity index (χ0n) is 20.7. The number of halogens is 1. The maximum atomic E-state index is 6.51. The number of aromatic nitrogens is 3. The van der Waals surface area contributed by atoms with Crippen LogP contribution in [-0.4, -0.2) is 72.1 Å². The Labute approximate surface area is 212 Å². The molecule has 0 unspecified atom stereocenters. The highest BCUT2D eigenvalue weighted by molar-refractivity contribution is 6.33. The lowest BCUT2D eigenvalue weighted by atomic mass is 9.90. The van der Waals surface area contributed by atoms with Gasteiger partial charge in [0.15, 0.2) is 0 Å². The molecule has 4 rings (SSSR count). The predicted octanol–water partition coefficient (Wildman–Crippen LogP) is 3.46. The molecule has 1 saturated carbocycles. The quantitative estimate of drug-likeness (QED) is 0.386. The van der Waals surface area contributed by atoms with Crippen LogP contribution in [-0.2, 0) is 9.47 Å². The summed E-state index contributed by atoms with van der Waals surface area (Å²) >= 11 is 6.51. The predicted molar refractivity (Wildman–Crippen MR) is 140 cm³/mol. The lowest BCUT2D eigenvalue weighted by molar-refractivity contribution is 0.0574. The van der Waals surface area contributed by atoms with Crippen LogP contribution in [0.2, 0.25) is 5.02 Å². The molecule has 192 valence electrons. The van der Waals surface area contributed by atoms with Crippen molar-refractivity contribution < 1.29 is 9.47 Å². The van der Waals surface area contributed by atoms with Gasteiger partial charge in [-0.1, -0.05) is 11.6 Å². The maximum Gasteiger partial charge on any atom is 0.145 e. The number of anilines is 2. The van der Waals surface area contributed by atoms with Gasteiger partial charge in [0.05, 0.1) is 29.7 Å². The summed E-state index contributed by atoms with van der Waals surface area (Å²) in [5.74, 6) is 1.48. The van der Waals surface area contributed by atoms with E-state index in [1.165, 1.54) is 0 Å². The Balaban J connectivity index is 1.36. The second-order valence-electron chi connectivity index (χ2n) is 9.88. The molecule has 3 heterocycles. The number of hydrogen-bond donors (Lipinski definition) is 4. The molecule has 35 heavy (non-hydrogen) atoms. The highest BCUT2D eigenvalue weighted by Crippen LogP contribution is 2.30. The molecule has 2 aromatic heterocycles. The van der Waals surface area contributed by atoms with Gasteiger partial charge >= 0.3 is 0 Å². The average Bonchev–Trinajstić information content (AvgIpc) is 2.86. The van der Waals surface area contributed by atoms with Crippen molar-refractivity contribution in [3.8, 4) is 11.3 Å². The average molecular weight is 504 g/mol. The molecule has 2 aliphatic rings. The molecule has 0 amide bonds. The Bertz CT molecular complexity index is 949. The van der Waals surface area contributed by atoms with Crippen LogP contribution in [0.3, 0.4) is 0 Å². The fraction of sp³-hybridized carbons (Fsp3) is 0.640. The Morgan fingerprint density at radius 3 is 2.63 bits per heavy atom. The van der Waals surface area contributed by atoms with Crippen LogP contribution in [0.5, 0.6) is 0 Å². The fourth-order valence-electron chi connectivity index (χ4n) is 4.83. The van der Waals surface area contributed by atoms with Crippen LogP contribution in [0.4, 0.5) is 11.6 Å². The zero-order chi connectivity index (χ0) is 24.7. The van der Waals surface area contributed by atoms with E-state index in [0.717, 1.165) is 56.5 Å². The highest BCUT2D eigenvalue weighted by atomic mass is 35.5. The molecule has 2 fully saturated rings. The van der Waals surface area contributed by atoms with E-state index in [9.17, 15) is 0 Å². The third kappa shape index (κ3) is 7.47. The molecule has 9 nitrogen and oxygen atoms in total. The smallest absolute Gasteiger partial charge is 0.145 e. The third-order valence-electron chi connectivity index (χ3n) is 6.89. The van der Waals surface area contributed by atoms with E-state index < -0.39 is 0 Å². The Morgan fingerprint density at radius 1 is 1.14 bits per heavy atom. The van der Waals surface area contributed by atoms with Crippen molar-refractivity contribution in [1.82, 2.24) is 20.3 Å². The third-order valence-corrected chi connectivity index (χ3v) is 7.19. The molecule has 0 radical (unpaired) electrons. The molecule has 1 atom stereocenters. The summed E-state index contributed by atoms with van der Waals surface area (Å²) in [4.78, 5) is 13.6. The Kier molecular flexibility index (Phi) is 9.13. The zero-order valence-corrected chi connectivity index (χ0v) is 21.5. The number of ether oxygens (including phenoxy) is 2. The van der Waals surface area contributed by atoms with E-state index >= 15 is 0 Å². The van der Waals surface area contributed by atoms with E-state index in [0.29, 0.717) is 54.4 Å². The van der Waals surface area contributed by atoms with Gasteiger partial charge < -0.3 is 31.2 Å². The van der Waals surface area contributed by atoms with E-state index in [2.05, 4.69) is 32.8 Å². The van der Waals surface area contributed by atoms with Crippen molar-refractivity contribution in [1.29, 1.82) is 0 Å². The van der Waals surface area contributed by atoms with Gasteiger partial charge in [-0.25, -0.2) is 9.97 Å². The van der Waals surface area contributed by atoms with Gasteiger partial charge in [0.1, 0.15) is 11.6 Å². The number of nitrogens with two attached hydrogens (primary N) is 1. The monoisotopic (exact) mass is 503 g/mol. The van der Waals surface area contributed by atoms with Gasteiger partial charge in [-0.15, -0.1) is 0 Å². The summed E-state index contributed by atoms with van der Waals surface area (Å²) in [5.41, 5.74) is 7.70. The normalized spacial score (nSPS) is 23.0. The summed E-state index contributed by atoms with van der Waals surface area (Å²) in [6, 6.07) is 3.25. The number of methoxy groups -OCH3 is 1. The van der Waals surface area contributed by atoms with Crippen molar-refractivity contribution >= 4 is 23.2 Å². The van der Waals surface area contributed by atoms with Crippen LogP contribution >= 0.6 is 11.6 Å². The van der Waals surface area contributed by atoms with E-state index in [4.69, 9.17) is 31.8 Å². The molecule has 10 heteroatoms.